The minimum atomic E-state index is -0.530. The number of halogens is 3. The van der Waals surface area contributed by atoms with E-state index in [-0.39, 0.29) is 5.82 Å². The van der Waals surface area contributed by atoms with E-state index in [1.165, 1.54) is 6.07 Å². The molecule has 1 aromatic rings. The molecule has 1 aliphatic heterocycles. The van der Waals surface area contributed by atoms with Gasteiger partial charge in [0.15, 0.2) is 0 Å². The van der Waals surface area contributed by atoms with Gasteiger partial charge in [0.25, 0.3) is 0 Å². The molecular weight excluding hydrogens is 434 g/mol. The van der Waals surface area contributed by atoms with Crippen molar-refractivity contribution in [3.8, 4) is 0 Å². The van der Waals surface area contributed by atoms with E-state index < -0.39 is 18.3 Å². The van der Waals surface area contributed by atoms with Crippen molar-refractivity contribution in [1.82, 2.24) is 0 Å². The van der Waals surface area contributed by atoms with Gasteiger partial charge in [0.05, 0.1) is 11.2 Å². The van der Waals surface area contributed by atoms with Crippen molar-refractivity contribution in [2.24, 2.45) is 0 Å². The summed E-state index contributed by atoms with van der Waals surface area (Å²) in [4.78, 5) is 0. The second-order valence-corrected chi connectivity index (χ2v) is 8.33. The standard InChI is InChI=1S/C15H18BBr2FO2S/c1-14(2)15(3,4)21-16(20-14)9(8-22)5-11-12(18)6-10(17)7-13(11)19/h5-7,22H,8H2,1-4H3. The van der Waals surface area contributed by atoms with E-state index in [4.69, 9.17) is 9.31 Å². The van der Waals surface area contributed by atoms with Gasteiger partial charge in [-0.1, -0.05) is 37.9 Å². The van der Waals surface area contributed by atoms with Crippen LogP contribution >= 0.6 is 44.5 Å². The van der Waals surface area contributed by atoms with E-state index in [9.17, 15) is 4.39 Å². The van der Waals surface area contributed by atoms with Crippen LogP contribution in [0, 0.1) is 5.82 Å². The lowest BCUT2D eigenvalue weighted by Crippen LogP contribution is -2.41. The third kappa shape index (κ3) is 3.64. The molecule has 1 aromatic carbocycles. The largest absolute Gasteiger partial charge is 0.491 e. The van der Waals surface area contributed by atoms with Crippen molar-refractivity contribution in [3.05, 3.63) is 37.9 Å². The molecule has 1 heterocycles. The van der Waals surface area contributed by atoms with Gasteiger partial charge in [-0.25, -0.2) is 4.39 Å². The summed E-state index contributed by atoms with van der Waals surface area (Å²) in [6, 6.07) is 3.23. The van der Waals surface area contributed by atoms with Gasteiger partial charge in [0.2, 0.25) is 0 Å². The summed E-state index contributed by atoms with van der Waals surface area (Å²) >= 11 is 11.0. The number of thiol groups is 1. The molecule has 0 spiro atoms. The zero-order valence-corrected chi connectivity index (χ0v) is 17.0. The molecule has 0 atom stereocenters. The first-order chi connectivity index (χ1) is 10.1. The first-order valence-corrected chi connectivity index (χ1v) is 9.11. The van der Waals surface area contributed by atoms with Crippen LogP contribution in [0.5, 0.6) is 0 Å². The normalized spacial score (nSPS) is 20.5. The van der Waals surface area contributed by atoms with Gasteiger partial charge in [-0.05, 0) is 45.3 Å². The van der Waals surface area contributed by atoms with Gasteiger partial charge in [-0.2, -0.15) is 12.6 Å². The number of hydrogen-bond acceptors (Lipinski definition) is 3. The molecule has 0 bridgehead atoms. The van der Waals surface area contributed by atoms with Gasteiger partial charge in [0, 0.05) is 20.3 Å². The van der Waals surface area contributed by atoms with Crippen LogP contribution in [-0.4, -0.2) is 24.1 Å². The molecule has 0 aromatic heterocycles. The summed E-state index contributed by atoms with van der Waals surface area (Å²) in [6.07, 6.45) is 1.74. The highest BCUT2D eigenvalue weighted by molar-refractivity contribution is 9.11. The molecular formula is C15H18BBr2FO2S. The quantitative estimate of drug-likeness (QED) is 0.497. The summed E-state index contributed by atoms with van der Waals surface area (Å²) in [6.45, 7) is 7.94. The molecule has 0 N–H and O–H groups in total. The highest BCUT2D eigenvalue weighted by atomic mass is 79.9. The van der Waals surface area contributed by atoms with E-state index in [0.717, 1.165) is 5.47 Å². The Morgan fingerprint density at radius 3 is 2.23 bits per heavy atom. The molecule has 2 rings (SSSR count). The van der Waals surface area contributed by atoms with E-state index in [1.807, 2.05) is 27.7 Å². The van der Waals surface area contributed by atoms with Crippen LogP contribution in [0.3, 0.4) is 0 Å². The Bertz CT molecular complexity index is 581. The lowest BCUT2D eigenvalue weighted by molar-refractivity contribution is 0.00578. The van der Waals surface area contributed by atoms with Crippen molar-refractivity contribution >= 4 is 57.7 Å². The van der Waals surface area contributed by atoms with Crippen LogP contribution in [-0.2, 0) is 9.31 Å². The Kier molecular flexibility index (Phi) is 5.55. The summed E-state index contributed by atoms with van der Waals surface area (Å²) in [5.41, 5.74) is 0.371. The molecule has 22 heavy (non-hydrogen) atoms. The maximum Gasteiger partial charge on any atom is 0.491 e. The van der Waals surface area contributed by atoms with Crippen molar-refractivity contribution in [1.29, 1.82) is 0 Å². The zero-order chi connectivity index (χ0) is 16.7. The molecule has 1 aliphatic rings. The van der Waals surface area contributed by atoms with Gasteiger partial charge in [0.1, 0.15) is 5.82 Å². The SMILES string of the molecule is CC1(C)OB(C(=Cc2c(F)cc(Br)cc2Br)CS)OC1(C)C. The van der Waals surface area contributed by atoms with E-state index in [0.29, 0.717) is 20.3 Å². The average Bonchev–Trinajstić information content (AvgIpc) is 2.57. The number of benzene rings is 1. The molecule has 0 radical (unpaired) electrons. The Labute approximate surface area is 153 Å². The third-order valence-corrected chi connectivity index (χ3v) is 5.59. The average molecular weight is 452 g/mol. The van der Waals surface area contributed by atoms with Crippen LogP contribution in [0.4, 0.5) is 4.39 Å². The molecule has 7 heteroatoms. The van der Waals surface area contributed by atoms with E-state index >= 15 is 0 Å². The maximum absolute atomic E-state index is 14.2. The fourth-order valence-electron chi connectivity index (χ4n) is 2.06. The molecule has 120 valence electrons. The summed E-state index contributed by atoms with van der Waals surface area (Å²) in [7, 11) is -0.530. The number of hydrogen-bond donors (Lipinski definition) is 1. The van der Waals surface area contributed by atoms with Gasteiger partial charge in [-0.3, -0.25) is 0 Å². The summed E-state index contributed by atoms with van der Waals surface area (Å²) < 4.78 is 27.5. The Morgan fingerprint density at radius 1 is 1.23 bits per heavy atom. The number of rotatable bonds is 3. The minimum Gasteiger partial charge on any atom is -0.400 e. The Balaban J connectivity index is 2.38. The second-order valence-electron chi connectivity index (χ2n) is 6.25. The molecule has 0 aliphatic carbocycles. The van der Waals surface area contributed by atoms with Gasteiger partial charge < -0.3 is 9.31 Å². The van der Waals surface area contributed by atoms with Crippen LogP contribution in [0.25, 0.3) is 6.08 Å². The van der Waals surface area contributed by atoms with Crippen LogP contribution < -0.4 is 0 Å². The third-order valence-electron chi connectivity index (χ3n) is 4.11. The van der Waals surface area contributed by atoms with Gasteiger partial charge in [-0.15, -0.1) is 0 Å². The maximum atomic E-state index is 14.2. The van der Waals surface area contributed by atoms with E-state index in [1.54, 1.807) is 12.1 Å². The molecule has 0 saturated carbocycles. The minimum absolute atomic E-state index is 0.322. The fraction of sp³-hybridized carbons (Fsp3) is 0.467. The lowest BCUT2D eigenvalue weighted by atomic mass is 9.78. The Hall–Kier alpha value is 0.185. The molecule has 1 fully saturated rings. The first kappa shape index (κ1) is 18.5. The fourth-order valence-corrected chi connectivity index (χ4v) is 3.59. The predicted molar refractivity (Wildman–Crippen MR) is 99.7 cm³/mol. The molecule has 0 amide bonds. The predicted octanol–water partition coefficient (Wildman–Crippen LogP) is 5.30. The monoisotopic (exact) mass is 450 g/mol. The van der Waals surface area contributed by atoms with Crippen molar-refractivity contribution in [2.45, 2.75) is 38.9 Å². The Morgan fingerprint density at radius 2 is 1.77 bits per heavy atom. The highest BCUT2D eigenvalue weighted by Gasteiger charge is 2.52. The smallest absolute Gasteiger partial charge is 0.400 e. The molecule has 1 saturated heterocycles. The van der Waals surface area contributed by atoms with Crippen molar-refractivity contribution in [3.63, 3.8) is 0 Å². The summed E-state index contributed by atoms with van der Waals surface area (Å²) in [5, 5.41) is 0. The second kappa shape index (κ2) is 6.59. The summed E-state index contributed by atoms with van der Waals surface area (Å²) in [5.74, 6) is 0.0933. The van der Waals surface area contributed by atoms with Crippen molar-refractivity contribution in [2.75, 3.05) is 5.75 Å². The van der Waals surface area contributed by atoms with E-state index in [2.05, 4.69) is 44.5 Å². The highest BCUT2D eigenvalue weighted by Crippen LogP contribution is 2.39. The van der Waals surface area contributed by atoms with Crippen molar-refractivity contribution < 1.29 is 13.7 Å². The lowest BCUT2D eigenvalue weighted by Gasteiger charge is -2.32. The van der Waals surface area contributed by atoms with Crippen LogP contribution in [0.2, 0.25) is 0 Å². The molecule has 2 nitrogen and oxygen atoms in total. The topological polar surface area (TPSA) is 18.5 Å². The molecule has 0 unspecified atom stereocenters. The zero-order valence-electron chi connectivity index (χ0n) is 12.9. The van der Waals surface area contributed by atoms with Crippen LogP contribution in [0.15, 0.2) is 26.6 Å². The van der Waals surface area contributed by atoms with Gasteiger partial charge >= 0.3 is 7.12 Å². The van der Waals surface area contributed by atoms with Crippen LogP contribution in [0.1, 0.15) is 33.3 Å². The first-order valence-electron chi connectivity index (χ1n) is 6.89.